The van der Waals surface area contributed by atoms with Crippen LogP contribution in [-0.4, -0.2) is 29.4 Å². The van der Waals surface area contributed by atoms with Gasteiger partial charge < -0.3 is 4.74 Å². The maximum Gasteiger partial charge on any atom is 0.230 e. The molecule has 1 aliphatic heterocycles. The van der Waals surface area contributed by atoms with E-state index < -0.39 is 0 Å². The van der Waals surface area contributed by atoms with Crippen LogP contribution >= 0.6 is 11.3 Å². The Balaban J connectivity index is 1.56. The number of benzene rings is 2. The third-order valence-electron chi connectivity index (χ3n) is 5.87. The number of anilines is 2. The van der Waals surface area contributed by atoms with Crippen LogP contribution in [0.15, 0.2) is 53.9 Å². The molecule has 1 amide bonds. The predicted molar refractivity (Wildman–Crippen MR) is 126 cm³/mol. The average Bonchev–Trinajstić information content (AvgIpc) is 3.44. The molecule has 4 rings (SSSR count). The fraction of sp³-hybridized carbons (Fsp3) is 0.360. The molecule has 2 aromatic carbocycles. The molecule has 2 heterocycles. The van der Waals surface area contributed by atoms with Crippen molar-refractivity contribution in [2.75, 3.05) is 18.6 Å². The number of carbonyl (C=O) groups excluding carboxylic acids is 1. The molecule has 0 spiro atoms. The van der Waals surface area contributed by atoms with Crippen LogP contribution in [0.25, 0.3) is 0 Å². The average molecular weight is 436 g/mol. The van der Waals surface area contributed by atoms with Gasteiger partial charge in [0.1, 0.15) is 5.75 Å². The summed E-state index contributed by atoms with van der Waals surface area (Å²) in [5.74, 6) is 0.879. The number of carbonyl (C=O) groups is 1. The Labute approximate surface area is 188 Å². The van der Waals surface area contributed by atoms with Gasteiger partial charge in [-0.2, -0.15) is 0 Å². The maximum absolute atomic E-state index is 12.5. The number of nitrogens with zero attached hydrogens (tertiary/aromatic N) is 3. The number of ether oxygens (including phenoxy) is 1. The number of aryl methyl sites for hydroxylation is 1. The lowest BCUT2D eigenvalue weighted by atomic mass is 10.0. The topological polar surface area (TPSA) is 45.7 Å². The summed E-state index contributed by atoms with van der Waals surface area (Å²) in [6.45, 7) is 5.53. The number of amides is 1. The van der Waals surface area contributed by atoms with Crippen molar-refractivity contribution < 1.29 is 9.53 Å². The summed E-state index contributed by atoms with van der Waals surface area (Å²) in [7, 11) is 1.71. The maximum atomic E-state index is 12.5. The van der Waals surface area contributed by atoms with E-state index in [-0.39, 0.29) is 5.91 Å². The first kappa shape index (κ1) is 21.5. The zero-order valence-electron chi connectivity index (χ0n) is 18.4. The molecule has 1 aromatic heterocycles. The van der Waals surface area contributed by atoms with Gasteiger partial charge in [0.15, 0.2) is 5.13 Å². The molecule has 0 N–H and O–H groups in total. The van der Waals surface area contributed by atoms with E-state index in [0.717, 1.165) is 53.8 Å². The number of hydrogen-bond donors (Lipinski definition) is 0. The second-order valence-corrected chi connectivity index (χ2v) is 8.70. The lowest BCUT2D eigenvalue weighted by Gasteiger charge is -2.24. The molecule has 1 aliphatic rings. The van der Waals surface area contributed by atoms with Crippen LogP contribution in [0.4, 0.5) is 10.8 Å². The lowest BCUT2D eigenvalue weighted by Crippen LogP contribution is -2.25. The highest BCUT2D eigenvalue weighted by molar-refractivity contribution is 7.14. The molecule has 0 bridgehead atoms. The van der Waals surface area contributed by atoms with Crippen LogP contribution in [0, 0.1) is 0 Å². The van der Waals surface area contributed by atoms with Crippen molar-refractivity contribution in [3.8, 4) is 5.75 Å². The first-order valence-electron chi connectivity index (χ1n) is 10.8. The number of methoxy groups -OCH3 is 1. The molecule has 3 aromatic rings. The van der Waals surface area contributed by atoms with Gasteiger partial charge >= 0.3 is 0 Å². The fourth-order valence-corrected chi connectivity index (χ4v) is 5.23. The third-order valence-corrected chi connectivity index (χ3v) is 6.74. The van der Waals surface area contributed by atoms with Crippen molar-refractivity contribution in [3.05, 3.63) is 70.7 Å². The second-order valence-electron chi connectivity index (χ2n) is 7.86. The van der Waals surface area contributed by atoms with E-state index in [0.29, 0.717) is 6.04 Å². The smallest absolute Gasteiger partial charge is 0.230 e. The van der Waals surface area contributed by atoms with E-state index in [1.807, 2.05) is 24.3 Å². The normalized spacial score (nSPS) is 16.4. The molecule has 0 aliphatic carbocycles. The highest BCUT2D eigenvalue weighted by Crippen LogP contribution is 2.36. The SMILES string of the molecule is CCc1ccccc1N(C(C)=O)c1nc(CN2CCCC2c2cccc(OC)c2)cs1. The first-order valence-corrected chi connectivity index (χ1v) is 11.7. The van der Waals surface area contributed by atoms with Gasteiger partial charge in [0.25, 0.3) is 0 Å². The molecular weight excluding hydrogens is 406 g/mol. The highest BCUT2D eigenvalue weighted by Gasteiger charge is 2.27. The van der Waals surface area contributed by atoms with E-state index >= 15 is 0 Å². The Morgan fingerprint density at radius 2 is 2.10 bits per heavy atom. The van der Waals surface area contributed by atoms with Gasteiger partial charge in [-0.15, -0.1) is 11.3 Å². The Kier molecular flexibility index (Phi) is 6.68. The summed E-state index contributed by atoms with van der Waals surface area (Å²) >= 11 is 1.53. The molecule has 1 unspecified atom stereocenters. The summed E-state index contributed by atoms with van der Waals surface area (Å²) in [6.07, 6.45) is 3.17. The van der Waals surface area contributed by atoms with Gasteiger partial charge in [0, 0.05) is 24.9 Å². The van der Waals surface area contributed by atoms with Crippen LogP contribution < -0.4 is 9.64 Å². The fourth-order valence-electron chi connectivity index (χ4n) is 4.36. The molecule has 0 saturated carbocycles. The molecule has 1 saturated heterocycles. The molecule has 0 radical (unpaired) electrons. The van der Waals surface area contributed by atoms with Gasteiger partial charge in [0.2, 0.25) is 5.91 Å². The Morgan fingerprint density at radius 1 is 1.26 bits per heavy atom. The summed E-state index contributed by atoms with van der Waals surface area (Å²) in [5, 5.41) is 2.82. The molecule has 5 nitrogen and oxygen atoms in total. The minimum Gasteiger partial charge on any atom is -0.497 e. The lowest BCUT2D eigenvalue weighted by molar-refractivity contribution is -0.115. The van der Waals surface area contributed by atoms with E-state index in [1.54, 1.807) is 18.9 Å². The van der Waals surface area contributed by atoms with E-state index in [1.165, 1.54) is 23.3 Å². The number of likely N-dealkylation sites (tertiary alicyclic amines) is 1. The standard InChI is InChI=1S/C25H29N3O2S/c1-4-19-9-5-6-12-24(19)28(18(2)29)25-26-21(17-31-25)16-27-14-8-13-23(27)20-10-7-11-22(15-20)30-3/h5-7,9-12,15,17,23H,4,8,13-14,16H2,1-3H3. The van der Waals surface area contributed by atoms with Gasteiger partial charge in [-0.05, 0) is 55.1 Å². The third kappa shape index (κ3) is 4.65. The number of rotatable bonds is 7. The zero-order valence-corrected chi connectivity index (χ0v) is 19.2. The molecular formula is C25H29N3O2S. The number of aromatic nitrogens is 1. The van der Waals surface area contributed by atoms with Crippen LogP contribution in [0.3, 0.4) is 0 Å². The van der Waals surface area contributed by atoms with Crippen molar-refractivity contribution in [1.82, 2.24) is 9.88 Å². The van der Waals surface area contributed by atoms with Crippen molar-refractivity contribution in [2.24, 2.45) is 0 Å². The van der Waals surface area contributed by atoms with Crippen molar-refractivity contribution in [2.45, 2.75) is 45.7 Å². The van der Waals surface area contributed by atoms with E-state index in [2.05, 4.69) is 41.5 Å². The summed E-state index contributed by atoms with van der Waals surface area (Å²) < 4.78 is 5.41. The van der Waals surface area contributed by atoms with Gasteiger partial charge in [-0.3, -0.25) is 14.6 Å². The summed E-state index contributed by atoms with van der Waals surface area (Å²) in [4.78, 5) is 21.6. The Bertz CT molecular complexity index is 1050. The monoisotopic (exact) mass is 435 g/mol. The molecule has 31 heavy (non-hydrogen) atoms. The van der Waals surface area contributed by atoms with Crippen LogP contribution in [0.2, 0.25) is 0 Å². The molecule has 162 valence electrons. The Hall–Kier alpha value is -2.70. The minimum atomic E-state index is -0.0165. The van der Waals surface area contributed by atoms with Crippen molar-refractivity contribution >= 4 is 28.1 Å². The molecule has 6 heteroatoms. The van der Waals surface area contributed by atoms with Crippen LogP contribution in [-0.2, 0) is 17.8 Å². The van der Waals surface area contributed by atoms with Crippen LogP contribution in [0.1, 0.15) is 49.6 Å². The van der Waals surface area contributed by atoms with Crippen molar-refractivity contribution in [3.63, 3.8) is 0 Å². The summed E-state index contributed by atoms with van der Waals surface area (Å²) in [5.41, 5.74) is 4.37. The first-order chi connectivity index (χ1) is 15.1. The van der Waals surface area contributed by atoms with Crippen LogP contribution in [0.5, 0.6) is 5.75 Å². The quantitative estimate of drug-likeness (QED) is 0.475. The number of para-hydroxylation sites is 1. The predicted octanol–water partition coefficient (Wildman–Crippen LogP) is 5.74. The number of thiazole rings is 1. The van der Waals surface area contributed by atoms with Crippen molar-refractivity contribution in [1.29, 1.82) is 0 Å². The van der Waals surface area contributed by atoms with E-state index in [4.69, 9.17) is 9.72 Å². The second kappa shape index (κ2) is 9.62. The molecule has 1 atom stereocenters. The minimum absolute atomic E-state index is 0.0165. The highest BCUT2D eigenvalue weighted by atomic mass is 32.1. The van der Waals surface area contributed by atoms with Gasteiger partial charge in [-0.1, -0.05) is 37.3 Å². The van der Waals surface area contributed by atoms with Gasteiger partial charge in [-0.25, -0.2) is 4.98 Å². The Morgan fingerprint density at radius 3 is 2.87 bits per heavy atom. The zero-order chi connectivity index (χ0) is 21.8. The summed E-state index contributed by atoms with van der Waals surface area (Å²) in [6, 6.07) is 16.8. The van der Waals surface area contributed by atoms with Gasteiger partial charge in [0.05, 0.1) is 18.5 Å². The molecule has 1 fully saturated rings. The number of hydrogen-bond acceptors (Lipinski definition) is 5. The largest absolute Gasteiger partial charge is 0.497 e. The van der Waals surface area contributed by atoms with E-state index in [9.17, 15) is 4.79 Å².